The third-order valence-corrected chi connectivity index (χ3v) is 5.30. The normalized spacial score (nSPS) is 25.1. The van der Waals surface area contributed by atoms with E-state index in [1.807, 2.05) is 6.07 Å². The first-order valence-electron chi connectivity index (χ1n) is 8.50. The van der Waals surface area contributed by atoms with Gasteiger partial charge in [-0.15, -0.1) is 12.4 Å². The lowest BCUT2D eigenvalue weighted by Crippen LogP contribution is -2.40. The number of benzene rings is 1. The summed E-state index contributed by atoms with van der Waals surface area (Å²) in [5.74, 6) is 1.60. The van der Waals surface area contributed by atoms with Crippen LogP contribution in [0, 0.1) is 5.92 Å². The number of halogens is 1. The summed E-state index contributed by atoms with van der Waals surface area (Å²) in [4.78, 5) is 14.4. The minimum Gasteiger partial charge on any atom is -0.496 e. The molecule has 0 bridgehead atoms. The van der Waals surface area contributed by atoms with E-state index in [2.05, 4.69) is 0 Å². The summed E-state index contributed by atoms with van der Waals surface area (Å²) < 4.78 is 10.8. The van der Waals surface area contributed by atoms with Crippen LogP contribution in [0.4, 0.5) is 0 Å². The highest BCUT2D eigenvalue weighted by Crippen LogP contribution is 2.40. The summed E-state index contributed by atoms with van der Waals surface area (Å²) >= 11 is 0. The Bertz CT molecular complexity index is 625. The van der Waals surface area contributed by atoms with Crippen LogP contribution in [0.3, 0.4) is 0 Å². The van der Waals surface area contributed by atoms with E-state index in [9.17, 15) is 9.90 Å². The maximum absolute atomic E-state index is 12.7. The van der Waals surface area contributed by atoms with E-state index in [0.29, 0.717) is 24.5 Å². The van der Waals surface area contributed by atoms with Crippen LogP contribution in [-0.2, 0) is 11.3 Å². The molecule has 2 aliphatic rings. The van der Waals surface area contributed by atoms with Gasteiger partial charge in [0.15, 0.2) is 0 Å². The molecule has 1 aromatic rings. The number of hydrogen-bond acceptors (Lipinski definition) is 5. The lowest BCUT2D eigenvalue weighted by atomic mass is 9.93. The molecule has 140 valence electrons. The molecule has 25 heavy (non-hydrogen) atoms. The lowest BCUT2D eigenvalue weighted by Gasteiger charge is -2.34. The Balaban J connectivity index is 0.00000225. The number of ether oxygens (including phenoxy) is 2. The van der Waals surface area contributed by atoms with Gasteiger partial charge in [-0.3, -0.25) is 4.79 Å². The molecule has 1 unspecified atom stereocenters. The maximum atomic E-state index is 12.7. The number of nitrogens with two attached hydrogens (primary N) is 1. The molecule has 1 aliphatic heterocycles. The van der Waals surface area contributed by atoms with Crippen molar-refractivity contribution >= 4 is 18.3 Å². The first kappa shape index (κ1) is 19.8. The van der Waals surface area contributed by atoms with Crippen molar-refractivity contribution in [3.8, 4) is 11.5 Å². The number of hydrogen-bond donors (Lipinski definition) is 2. The van der Waals surface area contributed by atoms with Gasteiger partial charge in [0, 0.05) is 30.1 Å². The van der Waals surface area contributed by atoms with Crippen LogP contribution in [0.25, 0.3) is 0 Å². The fraction of sp³-hybridized carbons (Fsp3) is 0.611. The number of methoxy groups -OCH3 is 2. The van der Waals surface area contributed by atoms with Crippen molar-refractivity contribution < 1.29 is 19.4 Å². The van der Waals surface area contributed by atoms with Crippen molar-refractivity contribution in [3.63, 3.8) is 0 Å². The number of carbonyl (C=O) groups is 1. The Morgan fingerprint density at radius 3 is 2.56 bits per heavy atom. The molecule has 0 saturated heterocycles. The molecule has 3 atom stereocenters. The van der Waals surface area contributed by atoms with Crippen molar-refractivity contribution in [2.75, 3.05) is 20.8 Å². The number of amides is 1. The molecule has 0 radical (unpaired) electrons. The highest BCUT2D eigenvalue weighted by molar-refractivity contribution is 5.85. The number of β-amino-alcohol motifs (C(OH)–C–C–N with tert-alkyl or cyclic N) is 1. The van der Waals surface area contributed by atoms with E-state index >= 15 is 0 Å². The summed E-state index contributed by atoms with van der Waals surface area (Å²) in [6.07, 6.45) is 2.77. The Morgan fingerprint density at radius 2 is 1.96 bits per heavy atom. The van der Waals surface area contributed by atoms with Gasteiger partial charge >= 0.3 is 0 Å². The van der Waals surface area contributed by atoms with Crippen LogP contribution in [0.15, 0.2) is 12.1 Å². The summed E-state index contributed by atoms with van der Waals surface area (Å²) in [7, 11) is 3.17. The Kier molecular flexibility index (Phi) is 6.54. The van der Waals surface area contributed by atoms with Crippen molar-refractivity contribution in [2.24, 2.45) is 11.7 Å². The zero-order valence-electron chi connectivity index (χ0n) is 14.7. The van der Waals surface area contributed by atoms with Gasteiger partial charge in [-0.2, -0.15) is 0 Å². The number of aliphatic hydroxyl groups excluding tert-OH is 1. The van der Waals surface area contributed by atoms with Gasteiger partial charge in [-0.1, -0.05) is 6.42 Å². The molecule has 1 saturated carbocycles. The molecule has 0 spiro atoms. The van der Waals surface area contributed by atoms with Crippen molar-refractivity contribution in [2.45, 2.75) is 44.4 Å². The van der Waals surface area contributed by atoms with Crippen molar-refractivity contribution in [1.82, 2.24) is 4.90 Å². The molecular weight excluding hydrogens is 344 g/mol. The van der Waals surface area contributed by atoms with E-state index < -0.39 is 6.10 Å². The highest BCUT2D eigenvalue weighted by Gasteiger charge is 2.34. The number of carbonyl (C=O) groups excluding carboxylic acids is 1. The van der Waals surface area contributed by atoms with E-state index in [1.165, 1.54) is 0 Å². The molecule has 1 aromatic carbocycles. The second kappa shape index (κ2) is 8.25. The highest BCUT2D eigenvalue weighted by atomic mass is 35.5. The Morgan fingerprint density at radius 1 is 1.28 bits per heavy atom. The monoisotopic (exact) mass is 370 g/mol. The van der Waals surface area contributed by atoms with Crippen LogP contribution in [-0.4, -0.2) is 42.7 Å². The molecule has 3 rings (SSSR count). The van der Waals surface area contributed by atoms with Gasteiger partial charge in [0.05, 0.1) is 20.8 Å². The van der Waals surface area contributed by atoms with Crippen LogP contribution in [0.5, 0.6) is 11.5 Å². The summed E-state index contributed by atoms with van der Waals surface area (Å²) in [5, 5.41) is 10.6. The van der Waals surface area contributed by atoms with Gasteiger partial charge in [-0.05, 0) is 30.9 Å². The zero-order valence-corrected chi connectivity index (χ0v) is 15.6. The predicted molar refractivity (Wildman–Crippen MR) is 97.1 cm³/mol. The quantitative estimate of drug-likeness (QED) is 0.846. The van der Waals surface area contributed by atoms with Crippen LogP contribution >= 0.6 is 12.4 Å². The van der Waals surface area contributed by atoms with E-state index in [4.69, 9.17) is 15.2 Å². The predicted octanol–water partition coefficient (Wildman–Crippen LogP) is 2.02. The first-order valence-corrected chi connectivity index (χ1v) is 8.50. The van der Waals surface area contributed by atoms with Crippen molar-refractivity contribution in [3.05, 3.63) is 23.3 Å². The standard InChI is InChI=1S/C18H26N2O4.ClH/c1-23-15-6-7-16(24-2)18-12(15)9-20(10-14(18)21)17(22)8-11-4-3-5-13(11)19;/h6-7,11,13-14,21H,3-5,8-10,19H2,1-2H3;1H/t11-,13+,14?;/m0./s1. The molecular formula is C18H27ClN2O4. The van der Waals surface area contributed by atoms with E-state index in [-0.39, 0.29) is 36.8 Å². The fourth-order valence-electron chi connectivity index (χ4n) is 3.94. The summed E-state index contributed by atoms with van der Waals surface area (Å²) in [6, 6.07) is 3.71. The van der Waals surface area contributed by atoms with Gasteiger partial charge in [0.25, 0.3) is 0 Å². The summed E-state index contributed by atoms with van der Waals surface area (Å²) in [6.45, 7) is 0.699. The maximum Gasteiger partial charge on any atom is 0.223 e. The van der Waals surface area contributed by atoms with E-state index in [0.717, 1.165) is 30.4 Å². The molecule has 3 N–H and O–H groups in total. The average Bonchev–Trinajstić information content (AvgIpc) is 2.98. The number of aliphatic hydroxyl groups is 1. The van der Waals surface area contributed by atoms with Crippen LogP contribution < -0.4 is 15.2 Å². The van der Waals surface area contributed by atoms with Crippen LogP contribution in [0.2, 0.25) is 0 Å². The largest absolute Gasteiger partial charge is 0.496 e. The van der Waals surface area contributed by atoms with Gasteiger partial charge in [0.1, 0.15) is 17.6 Å². The molecule has 1 heterocycles. The second-order valence-corrected chi connectivity index (χ2v) is 6.71. The average molecular weight is 371 g/mol. The molecule has 6 nitrogen and oxygen atoms in total. The molecule has 0 aromatic heterocycles. The van der Waals surface area contributed by atoms with Gasteiger partial charge in [-0.25, -0.2) is 0 Å². The third kappa shape index (κ3) is 3.86. The number of fused-ring (bicyclic) bond motifs is 1. The van der Waals surface area contributed by atoms with E-state index in [1.54, 1.807) is 25.2 Å². The number of nitrogens with zero attached hydrogens (tertiary/aromatic N) is 1. The SMILES string of the molecule is COc1ccc(OC)c2c1CN(C(=O)C[C@@H]1CCC[C@H]1N)CC2O.Cl. The molecule has 1 amide bonds. The van der Waals surface area contributed by atoms with Gasteiger partial charge in [0.2, 0.25) is 5.91 Å². The third-order valence-electron chi connectivity index (χ3n) is 5.30. The smallest absolute Gasteiger partial charge is 0.223 e. The fourth-order valence-corrected chi connectivity index (χ4v) is 3.94. The second-order valence-electron chi connectivity index (χ2n) is 6.71. The van der Waals surface area contributed by atoms with Gasteiger partial charge < -0.3 is 25.2 Å². The number of rotatable bonds is 4. The first-order chi connectivity index (χ1) is 11.5. The molecule has 1 fully saturated rings. The van der Waals surface area contributed by atoms with Crippen molar-refractivity contribution in [1.29, 1.82) is 0 Å². The Labute approximate surface area is 154 Å². The summed E-state index contributed by atoms with van der Waals surface area (Å²) in [5.41, 5.74) is 7.63. The minimum atomic E-state index is -0.778. The topological polar surface area (TPSA) is 85.0 Å². The zero-order chi connectivity index (χ0) is 17.3. The minimum absolute atomic E-state index is 0. The Hall–Kier alpha value is -1.50. The lowest BCUT2D eigenvalue weighted by molar-refractivity contribution is -0.135. The molecule has 7 heteroatoms. The van der Waals surface area contributed by atoms with Crippen LogP contribution in [0.1, 0.15) is 42.9 Å². The molecule has 1 aliphatic carbocycles.